The third-order valence-electron chi connectivity index (χ3n) is 2.77. The first-order valence-electron chi connectivity index (χ1n) is 6.08. The fraction of sp³-hybridized carbons (Fsp3) is 0.385. The Balaban J connectivity index is 2.15. The van der Waals surface area contributed by atoms with Gasteiger partial charge in [0.2, 0.25) is 0 Å². The van der Waals surface area contributed by atoms with Crippen molar-refractivity contribution in [1.82, 2.24) is 9.97 Å². The van der Waals surface area contributed by atoms with Crippen molar-refractivity contribution in [2.24, 2.45) is 0 Å². The Morgan fingerprint density at radius 3 is 2.42 bits per heavy atom. The zero-order valence-electron chi connectivity index (χ0n) is 11.0. The highest BCUT2D eigenvalue weighted by Gasteiger charge is 2.10. The lowest BCUT2D eigenvalue weighted by molar-refractivity contribution is 0.599. The summed E-state index contributed by atoms with van der Waals surface area (Å²) in [7, 11) is -2.91. The van der Waals surface area contributed by atoms with Crippen LogP contribution in [0.5, 0.6) is 0 Å². The molecule has 0 saturated heterocycles. The van der Waals surface area contributed by atoms with Gasteiger partial charge < -0.3 is 0 Å². The van der Waals surface area contributed by atoms with Crippen LogP contribution in [0.15, 0.2) is 29.3 Å². The van der Waals surface area contributed by atoms with Gasteiger partial charge in [0.25, 0.3) is 0 Å². The van der Waals surface area contributed by atoms with E-state index in [1.54, 1.807) is 6.92 Å². The smallest absolute Gasteiger partial charge is 0.150 e. The molecular formula is C13H16N2O2S2. The Hall–Kier alpha value is -1.14. The number of aromatic nitrogens is 2. The van der Waals surface area contributed by atoms with Crippen LogP contribution in [0.2, 0.25) is 0 Å². The van der Waals surface area contributed by atoms with E-state index in [1.807, 2.05) is 31.2 Å². The molecule has 6 heteroatoms. The van der Waals surface area contributed by atoms with Gasteiger partial charge in [0, 0.05) is 11.5 Å². The van der Waals surface area contributed by atoms with Gasteiger partial charge in [-0.05, 0) is 19.1 Å². The summed E-state index contributed by atoms with van der Waals surface area (Å²) in [5.74, 6) is 0.891. The van der Waals surface area contributed by atoms with E-state index in [0.717, 1.165) is 21.8 Å². The number of hydrogen-bond acceptors (Lipinski definition) is 5. The molecule has 0 amide bonds. The largest absolute Gasteiger partial charge is 0.249 e. The first kappa shape index (κ1) is 14.3. The summed E-state index contributed by atoms with van der Waals surface area (Å²) in [5, 5.41) is 0.810. The molecule has 0 N–H and O–H groups in total. The summed E-state index contributed by atoms with van der Waals surface area (Å²) in [5.41, 5.74) is 2.55. The molecule has 1 aromatic heterocycles. The van der Waals surface area contributed by atoms with Crippen LogP contribution in [-0.2, 0) is 9.84 Å². The molecule has 0 saturated carbocycles. The first-order valence-corrected chi connectivity index (χ1v) is 8.89. The maximum Gasteiger partial charge on any atom is 0.150 e. The summed E-state index contributed by atoms with van der Waals surface area (Å²) < 4.78 is 22.9. The Bertz CT molecular complexity index is 684. The highest BCUT2D eigenvalue weighted by atomic mass is 32.2. The van der Waals surface area contributed by atoms with Gasteiger partial charge >= 0.3 is 0 Å². The summed E-state index contributed by atoms with van der Waals surface area (Å²) in [6.45, 7) is 3.57. The molecule has 0 aliphatic heterocycles. The van der Waals surface area contributed by atoms with Gasteiger partial charge in [-0.15, -0.1) is 11.8 Å². The quantitative estimate of drug-likeness (QED) is 0.793. The van der Waals surface area contributed by atoms with Gasteiger partial charge in [0.1, 0.15) is 5.03 Å². The van der Waals surface area contributed by atoms with Gasteiger partial charge in [0.15, 0.2) is 9.84 Å². The van der Waals surface area contributed by atoms with E-state index >= 15 is 0 Å². The fourth-order valence-electron chi connectivity index (χ4n) is 1.62. The van der Waals surface area contributed by atoms with Crippen molar-refractivity contribution in [2.45, 2.75) is 18.9 Å². The van der Waals surface area contributed by atoms with Crippen LogP contribution in [0.4, 0.5) is 0 Å². The molecule has 0 spiro atoms. The zero-order valence-corrected chi connectivity index (χ0v) is 12.6. The summed E-state index contributed by atoms with van der Waals surface area (Å²) in [6, 6.07) is 7.68. The van der Waals surface area contributed by atoms with Crippen LogP contribution in [0.1, 0.15) is 12.6 Å². The lowest BCUT2D eigenvalue weighted by Gasteiger charge is -2.06. The molecule has 0 fully saturated rings. The Morgan fingerprint density at radius 1 is 1.16 bits per heavy atom. The van der Waals surface area contributed by atoms with E-state index in [2.05, 4.69) is 9.97 Å². The number of aryl methyl sites for hydroxylation is 1. The van der Waals surface area contributed by atoms with E-state index in [-0.39, 0.29) is 11.5 Å². The summed E-state index contributed by atoms with van der Waals surface area (Å²) in [6.07, 6.45) is 0. The second-order valence-electron chi connectivity index (χ2n) is 4.19. The van der Waals surface area contributed by atoms with Crippen LogP contribution < -0.4 is 0 Å². The van der Waals surface area contributed by atoms with E-state index in [1.165, 1.54) is 11.8 Å². The molecule has 0 bridgehead atoms. The minimum absolute atomic E-state index is 0.183. The molecule has 0 unspecified atom stereocenters. The van der Waals surface area contributed by atoms with Gasteiger partial charge in [-0.1, -0.05) is 19.1 Å². The number of para-hydroxylation sites is 2. The topological polar surface area (TPSA) is 59.9 Å². The van der Waals surface area contributed by atoms with Crippen molar-refractivity contribution in [1.29, 1.82) is 0 Å². The molecule has 1 aromatic carbocycles. The first-order chi connectivity index (χ1) is 9.02. The van der Waals surface area contributed by atoms with Gasteiger partial charge in [0.05, 0.1) is 22.5 Å². The van der Waals surface area contributed by atoms with Crippen molar-refractivity contribution >= 4 is 32.6 Å². The Labute approximate surface area is 117 Å². The third-order valence-corrected chi connectivity index (χ3v) is 5.81. The predicted octanol–water partition coefficient (Wildman–Crippen LogP) is 2.47. The molecule has 2 rings (SSSR count). The number of benzene rings is 1. The maximum absolute atomic E-state index is 11.4. The van der Waals surface area contributed by atoms with Crippen LogP contribution in [-0.4, -0.2) is 35.6 Å². The molecule has 4 nitrogen and oxygen atoms in total. The summed E-state index contributed by atoms with van der Waals surface area (Å²) in [4.78, 5) is 9.00. The molecule has 102 valence electrons. The average Bonchev–Trinajstić information content (AvgIpc) is 2.39. The van der Waals surface area contributed by atoms with Gasteiger partial charge in [-0.3, -0.25) is 0 Å². The molecule has 2 aromatic rings. The number of thioether (sulfide) groups is 1. The van der Waals surface area contributed by atoms with Gasteiger partial charge in [-0.2, -0.15) is 0 Å². The van der Waals surface area contributed by atoms with Crippen molar-refractivity contribution in [3.63, 3.8) is 0 Å². The molecule has 0 aliphatic carbocycles. The SMILES string of the molecule is CCS(=O)(=O)CCSc1nc2ccccc2nc1C. The van der Waals surface area contributed by atoms with Crippen molar-refractivity contribution < 1.29 is 8.42 Å². The Kier molecular flexibility index (Phi) is 4.42. The number of hydrogen-bond donors (Lipinski definition) is 0. The lowest BCUT2D eigenvalue weighted by atomic mass is 10.3. The number of rotatable bonds is 5. The van der Waals surface area contributed by atoms with Crippen molar-refractivity contribution in [3.05, 3.63) is 30.0 Å². The van der Waals surface area contributed by atoms with Gasteiger partial charge in [-0.25, -0.2) is 18.4 Å². The molecule has 0 radical (unpaired) electrons. The normalized spacial score (nSPS) is 11.9. The second kappa shape index (κ2) is 5.88. The number of nitrogens with zero attached hydrogens (tertiary/aromatic N) is 2. The predicted molar refractivity (Wildman–Crippen MR) is 79.3 cm³/mol. The van der Waals surface area contributed by atoms with E-state index in [4.69, 9.17) is 0 Å². The van der Waals surface area contributed by atoms with Crippen LogP contribution >= 0.6 is 11.8 Å². The summed E-state index contributed by atoms with van der Waals surface area (Å²) >= 11 is 1.45. The van der Waals surface area contributed by atoms with Crippen molar-refractivity contribution in [2.75, 3.05) is 17.3 Å². The highest BCUT2D eigenvalue weighted by molar-refractivity contribution is 8.00. The monoisotopic (exact) mass is 296 g/mol. The number of sulfone groups is 1. The molecule has 0 aliphatic rings. The number of fused-ring (bicyclic) bond motifs is 1. The third kappa shape index (κ3) is 3.67. The minimum Gasteiger partial charge on any atom is -0.249 e. The fourth-order valence-corrected chi connectivity index (χ4v) is 3.87. The standard InChI is InChI=1S/C13H16N2O2S2/c1-3-19(16,17)9-8-18-13-10(2)14-11-6-4-5-7-12(11)15-13/h4-7H,3,8-9H2,1-2H3. The molecule has 1 heterocycles. The average molecular weight is 296 g/mol. The van der Waals surface area contributed by atoms with Crippen LogP contribution in [0.3, 0.4) is 0 Å². The van der Waals surface area contributed by atoms with E-state index in [0.29, 0.717) is 5.75 Å². The molecular weight excluding hydrogens is 280 g/mol. The van der Waals surface area contributed by atoms with Crippen LogP contribution in [0, 0.1) is 6.92 Å². The van der Waals surface area contributed by atoms with E-state index < -0.39 is 9.84 Å². The zero-order chi connectivity index (χ0) is 13.9. The second-order valence-corrected chi connectivity index (χ2v) is 7.74. The van der Waals surface area contributed by atoms with Crippen molar-refractivity contribution in [3.8, 4) is 0 Å². The molecule has 0 atom stereocenters. The lowest BCUT2D eigenvalue weighted by Crippen LogP contribution is -2.10. The van der Waals surface area contributed by atoms with Crippen LogP contribution in [0.25, 0.3) is 11.0 Å². The Morgan fingerprint density at radius 2 is 1.79 bits per heavy atom. The maximum atomic E-state index is 11.4. The van der Waals surface area contributed by atoms with E-state index in [9.17, 15) is 8.42 Å². The highest BCUT2D eigenvalue weighted by Crippen LogP contribution is 2.21. The minimum atomic E-state index is -2.91. The molecule has 19 heavy (non-hydrogen) atoms.